The summed E-state index contributed by atoms with van der Waals surface area (Å²) in [6.07, 6.45) is -0.298. The Kier molecular flexibility index (Phi) is 10.3. The van der Waals surface area contributed by atoms with E-state index in [4.69, 9.17) is 9.47 Å². The average molecular weight is 547 g/mol. The van der Waals surface area contributed by atoms with Crippen molar-refractivity contribution in [1.82, 2.24) is 20.4 Å². The fourth-order valence-electron chi connectivity index (χ4n) is 2.64. The Bertz CT molecular complexity index is 773. The first-order chi connectivity index (χ1) is 14.1. The number of likely N-dealkylation sites (N-methyl/N-ethyl adjacent to an activating group) is 1. The van der Waals surface area contributed by atoms with E-state index in [0.29, 0.717) is 31.3 Å². The average Bonchev–Trinajstić information content (AvgIpc) is 2.63. The van der Waals surface area contributed by atoms with Crippen molar-refractivity contribution in [2.45, 2.75) is 39.0 Å². The predicted molar refractivity (Wildman–Crippen MR) is 131 cm³/mol. The first-order valence-corrected chi connectivity index (χ1v) is 9.94. The third-order valence-electron chi connectivity index (χ3n) is 4.32. The van der Waals surface area contributed by atoms with Gasteiger partial charge in [-0.05, 0) is 38.5 Å². The molecule has 1 aromatic carbocycles. The lowest BCUT2D eigenvalue weighted by molar-refractivity contribution is -0.130. The fourth-order valence-corrected chi connectivity index (χ4v) is 2.64. The summed E-state index contributed by atoms with van der Waals surface area (Å²) < 4.78 is 10.9. The van der Waals surface area contributed by atoms with Crippen LogP contribution in [0.4, 0.5) is 4.79 Å². The molecule has 1 heterocycles. The van der Waals surface area contributed by atoms with Gasteiger partial charge < -0.3 is 29.9 Å². The number of hydrogen-bond acceptors (Lipinski definition) is 5. The zero-order valence-corrected chi connectivity index (χ0v) is 21.4. The highest BCUT2D eigenvalue weighted by Gasteiger charge is 2.34. The first-order valence-electron chi connectivity index (χ1n) is 9.94. The number of carbonyl (C=O) groups excluding carboxylic acids is 2. The van der Waals surface area contributed by atoms with Crippen LogP contribution in [0.5, 0.6) is 5.75 Å². The highest BCUT2D eigenvalue weighted by molar-refractivity contribution is 14.0. The Morgan fingerprint density at radius 2 is 1.94 bits per heavy atom. The summed E-state index contributed by atoms with van der Waals surface area (Å²) in [5.41, 5.74) is 0.502. The summed E-state index contributed by atoms with van der Waals surface area (Å²) in [7, 11) is 5.09. The van der Waals surface area contributed by atoms with E-state index >= 15 is 0 Å². The van der Waals surface area contributed by atoms with Crippen LogP contribution >= 0.6 is 24.0 Å². The minimum Gasteiger partial charge on any atom is -0.484 e. The number of ether oxygens (including phenoxy) is 2. The molecule has 0 spiro atoms. The van der Waals surface area contributed by atoms with Crippen LogP contribution in [0.1, 0.15) is 26.3 Å². The van der Waals surface area contributed by atoms with Crippen molar-refractivity contribution in [3.8, 4) is 5.75 Å². The zero-order valence-electron chi connectivity index (χ0n) is 19.1. The number of benzene rings is 1. The van der Waals surface area contributed by atoms with Gasteiger partial charge in [-0.15, -0.1) is 24.0 Å². The predicted octanol–water partition coefficient (Wildman–Crippen LogP) is 2.06. The van der Waals surface area contributed by atoms with Gasteiger partial charge in [-0.1, -0.05) is 12.1 Å². The number of carbonyl (C=O) groups is 2. The van der Waals surface area contributed by atoms with Gasteiger partial charge in [-0.3, -0.25) is 9.79 Å². The molecule has 0 atom stereocenters. The molecule has 10 heteroatoms. The molecule has 2 amide bonds. The monoisotopic (exact) mass is 547 g/mol. The van der Waals surface area contributed by atoms with Crippen molar-refractivity contribution in [2.75, 3.05) is 40.8 Å². The third-order valence-corrected chi connectivity index (χ3v) is 4.32. The van der Waals surface area contributed by atoms with E-state index in [9.17, 15) is 9.59 Å². The third kappa shape index (κ3) is 9.19. The van der Waals surface area contributed by atoms with E-state index < -0.39 is 5.60 Å². The molecule has 0 bridgehead atoms. The molecule has 0 saturated carbocycles. The number of aliphatic imine (C=N–C) groups is 1. The largest absolute Gasteiger partial charge is 0.484 e. The molecule has 1 fully saturated rings. The molecule has 31 heavy (non-hydrogen) atoms. The van der Waals surface area contributed by atoms with Gasteiger partial charge in [-0.2, -0.15) is 0 Å². The van der Waals surface area contributed by atoms with E-state index in [-0.39, 0.29) is 48.6 Å². The first kappa shape index (κ1) is 26.8. The van der Waals surface area contributed by atoms with Crippen molar-refractivity contribution >= 4 is 41.9 Å². The van der Waals surface area contributed by atoms with Crippen LogP contribution in [0, 0.1) is 0 Å². The summed E-state index contributed by atoms with van der Waals surface area (Å²) in [5, 5.41) is 6.55. The molecule has 0 aromatic heterocycles. The van der Waals surface area contributed by atoms with Gasteiger partial charge in [0.2, 0.25) is 0 Å². The van der Waals surface area contributed by atoms with E-state index in [0.717, 1.165) is 5.56 Å². The van der Waals surface area contributed by atoms with Crippen LogP contribution < -0.4 is 15.4 Å². The molecule has 0 radical (unpaired) electrons. The van der Waals surface area contributed by atoms with Gasteiger partial charge in [-0.25, -0.2) is 4.79 Å². The van der Waals surface area contributed by atoms with E-state index in [1.54, 1.807) is 26.0 Å². The zero-order chi connectivity index (χ0) is 22.3. The van der Waals surface area contributed by atoms with Crippen LogP contribution in [0.2, 0.25) is 0 Å². The van der Waals surface area contributed by atoms with Gasteiger partial charge in [0, 0.05) is 40.8 Å². The van der Waals surface area contributed by atoms with Crippen LogP contribution in [-0.4, -0.2) is 80.2 Å². The number of halogens is 1. The maximum Gasteiger partial charge on any atom is 0.410 e. The summed E-state index contributed by atoms with van der Waals surface area (Å²) >= 11 is 0. The number of rotatable bonds is 6. The molecule has 1 aliphatic heterocycles. The lowest BCUT2D eigenvalue weighted by Crippen LogP contribution is -2.63. The molecular weight excluding hydrogens is 513 g/mol. The number of likely N-dealkylation sites (tertiary alicyclic amines) is 1. The van der Waals surface area contributed by atoms with Crippen LogP contribution in [-0.2, 0) is 16.1 Å². The van der Waals surface area contributed by atoms with Gasteiger partial charge in [0.25, 0.3) is 5.91 Å². The topological polar surface area (TPSA) is 95.5 Å². The molecule has 1 aromatic rings. The van der Waals surface area contributed by atoms with E-state index in [1.807, 2.05) is 45.0 Å². The second kappa shape index (κ2) is 12.0. The Hall–Kier alpha value is -2.24. The molecular formula is C21H34IN5O4. The fraction of sp³-hybridized carbons (Fsp3) is 0.571. The smallest absolute Gasteiger partial charge is 0.410 e. The van der Waals surface area contributed by atoms with Crippen molar-refractivity contribution in [3.05, 3.63) is 29.8 Å². The van der Waals surface area contributed by atoms with Crippen molar-refractivity contribution in [2.24, 2.45) is 4.99 Å². The second-order valence-electron chi connectivity index (χ2n) is 8.38. The number of hydrogen-bond donors (Lipinski definition) is 2. The summed E-state index contributed by atoms with van der Waals surface area (Å²) in [6.45, 7) is 7.24. The maximum atomic E-state index is 12.0. The van der Waals surface area contributed by atoms with Gasteiger partial charge in [0.15, 0.2) is 12.6 Å². The minimum atomic E-state index is -0.495. The SMILES string of the molecule is CN=C(NCc1cccc(OCC(=O)N(C)C)c1)NC1CN(C(=O)OC(C)(C)C)C1.I. The maximum absolute atomic E-state index is 12.0. The summed E-state index contributed by atoms with van der Waals surface area (Å²) in [6, 6.07) is 7.67. The van der Waals surface area contributed by atoms with Gasteiger partial charge in [0.1, 0.15) is 11.4 Å². The molecule has 2 rings (SSSR count). The summed E-state index contributed by atoms with van der Waals surface area (Å²) in [4.78, 5) is 31.1. The molecule has 2 N–H and O–H groups in total. The molecule has 0 aliphatic carbocycles. The Labute approximate surface area is 201 Å². The van der Waals surface area contributed by atoms with E-state index in [1.165, 1.54) is 4.90 Å². The van der Waals surface area contributed by atoms with Gasteiger partial charge >= 0.3 is 6.09 Å². The Morgan fingerprint density at radius 3 is 2.52 bits per heavy atom. The highest BCUT2D eigenvalue weighted by Crippen LogP contribution is 2.16. The van der Waals surface area contributed by atoms with Crippen LogP contribution in [0.3, 0.4) is 0 Å². The van der Waals surface area contributed by atoms with Crippen molar-refractivity contribution < 1.29 is 19.1 Å². The van der Waals surface area contributed by atoms with Crippen LogP contribution in [0.15, 0.2) is 29.3 Å². The highest BCUT2D eigenvalue weighted by atomic mass is 127. The molecule has 9 nitrogen and oxygen atoms in total. The number of guanidine groups is 1. The standard InChI is InChI=1S/C21H33N5O4.HI/c1-21(2,3)30-20(28)26-12-16(13-26)24-19(22-4)23-11-15-8-7-9-17(10-15)29-14-18(27)25(5)6;/h7-10,16H,11-14H2,1-6H3,(H2,22,23,24);1H. The summed E-state index contributed by atoms with van der Waals surface area (Å²) in [5.74, 6) is 1.20. The van der Waals surface area contributed by atoms with E-state index in [2.05, 4.69) is 15.6 Å². The number of amides is 2. The number of nitrogens with zero attached hydrogens (tertiary/aromatic N) is 3. The lowest BCUT2D eigenvalue weighted by atomic mass is 10.1. The van der Waals surface area contributed by atoms with Gasteiger partial charge in [0.05, 0.1) is 6.04 Å². The Morgan fingerprint density at radius 1 is 1.26 bits per heavy atom. The van der Waals surface area contributed by atoms with Crippen LogP contribution in [0.25, 0.3) is 0 Å². The molecule has 1 saturated heterocycles. The quantitative estimate of drug-likeness (QED) is 0.322. The Balaban J connectivity index is 0.00000480. The van der Waals surface area contributed by atoms with Crippen molar-refractivity contribution in [3.63, 3.8) is 0 Å². The minimum absolute atomic E-state index is 0. The second-order valence-corrected chi connectivity index (χ2v) is 8.38. The van der Waals surface area contributed by atoms with Crippen molar-refractivity contribution in [1.29, 1.82) is 0 Å². The molecule has 0 unspecified atom stereocenters. The lowest BCUT2D eigenvalue weighted by Gasteiger charge is -2.40. The molecule has 174 valence electrons. The molecule has 1 aliphatic rings. The number of nitrogens with one attached hydrogen (secondary N) is 2. The normalized spacial score (nSPS) is 14.1.